The van der Waals surface area contributed by atoms with Gasteiger partial charge in [0.2, 0.25) is 0 Å². The zero-order chi connectivity index (χ0) is 19.0. The van der Waals surface area contributed by atoms with Crippen LogP contribution in [-0.4, -0.2) is 38.2 Å². The molecule has 1 heterocycles. The Morgan fingerprint density at radius 3 is 3.00 bits per heavy atom. The van der Waals surface area contributed by atoms with Crippen LogP contribution in [-0.2, 0) is 11.2 Å². The molecule has 1 N–H and O–H groups in total. The van der Waals surface area contributed by atoms with Gasteiger partial charge in [-0.3, -0.25) is 4.79 Å². The zero-order valence-corrected chi connectivity index (χ0v) is 15.8. The predicted molar refractivity (Wildman–Crippen MR) is 98.5 cm³/mol. The number of rotatable bonds is 6. The van der Waals surface area contributed by atoms with Crippen molar-refractivity contribution in [3.05, 3.63) is 52.8 Å². The summed E-state index contributed by atoms with van der Waals surface area (Å²) in [5.74, 6) is 0.610. The maximum absolute atomic E-state index is 14.4. The molecule has 2 aromatic rings. The van der Waals surface area contributed by atoms with Crippen LogP contribution >= 0.6 is 0 Å². The van der Waals surface area contributed by atoms with Gasteiger partial charge in [-0.1, -0.05) is 0 Å². The van der Waals surface area contributed by atoms with E-state index in [0.29, 0.717) is 42.3 Å². The molecular formula is C20H18AlFO5. The average molecular weight is 384 g/mol. The van der Waals surface area contributed by atoms with E-state index in [1.165, 1.54) is 6.07 Å². The number of benzene rings is 2. The summed E-state index contributed by atoms with van der Waals surface area (Å²) in [7, 11) is 0. The van der Waals surface area contributed by atoms with Crippen molar-refractivity contribution in [1.82, 2.24) is 0 Å². The Hall–Kier alpha value is -2.36. The quantitative estimate of drug-likeness (QED) is 0.775. The van der Waals surface area contributed by atoms with Crippen molar-refractivity contribution in [2.75, 3.05) is 6.61 Å². The topological polar surface area (TPSA) is 65.0 Å². The van der Waals surface area contributed by atoms with Crippen LogP contribution in [0.4, 0.5) is 4.39 Å². The molecule has 0 saturated carbocycles. The first-order chi connectivity index (χ1) is 13.1. The van der Waals surface area contributed by atoms with E-state index in [2.05, 4.69) is 5.39 Å². The van der Waals surface area contributed by atoms with E-state index in [1.54, 1.807) is 18.2 Å². The Balaban J connectivity index is 1.57. The van der Waals surface area contributed by atoms with Gasteiger partial charge in [-0.2, -0.15) is 0 Å². The summed E-state index contributed by atoms with van der Waals surface area (Å²) in [4.78, 5) is 11.0. The summed E-state index contributed by atoms with van der Waals surface area (Å²) >= 11 is -0.416. The smallest absolute Gasteiger partial charge is 0.481 e. The second kappa shape index (κ2) is 7.34. The predicted octanol–water partition coefficient (Wildman–Crippen LogP) is 3.27. The fourth-order valence-electron chi connectivity index (χ4n) is 3.83. The van der Waals surface area contributed by atoms with E-state index < -0.39 is 27.2 Å². The molecule has 2 aliphatic rings. The number of ether oxygens (including phenoxy) is 2. The van der Waals surface area contributed by atoms with Gasteiger partial charge in [0, 0.05) is 0 Å². The Morgan fingerprint density at radius 2 is 2.22 bits per heavy atom. The number of fused-ring (bicyclic) bond motifs is 2. The van der Waals surface area contributed by atoms with Crippen molar-refractivity contribution in [1.29, 1.82) is 0 Å². The van der Waals surface area contributed by atoms with E-state index in [1.807, 2.05) is 6.07 Å². The third kappa shape index (κ3) is 3.45. The maximum atomic E-state index is 14.4. The van der Waals surface area contributed by atoms with E-state index in [9.17, 15) is 9.18 Å². The van der Waals surface area contributed by atoms with Crippen molar-refractivity contribution in [2.24, 2.45) is 0 Å². The number of hydrogen-bond acceptors (Lipinski definition) is 4. The second-order valence-electron chi connectivity index (χ2n) is 6.67. The normalized spacial score (nSPS) is 19.6. The van der Waals surface area contributed by atoms with Gasteiger partial charge >= 0.3 is 152 Å². The van der Waals surface area contributed by atoms with Gasteiger partial charge in [0.1, 0.15) is 0 Å². The molecule has 2 aromatic carbocycles. The van der Waals surface area contributed by atoms with Gasteiger partial charge in [0.15, 0.2) is 0 Å². The molecule has 0 radical (unpaired) electrons. The van der Waals surface area contributed by atoms with Crippen molar-refractivity contribution in [2.45, 2.75) is 31.3 Å². The summed E-state index contributed by atoms with van der Waals surface area (Å²) in [6.07, 6.45) is 0.997. The molecule has 0 saturated heterocycles. The number of halogens is 1. The average Bonchev–Trinajstić information content (AvgIpc) is 3.22. The molecule has 138 valence electrons. The molecule has 2 atom stereocenters. The van der Waals surface area contributed by atoms with Gasteiger partial charge in [0.05, 0.1) is 0 Å². The van der Waals surface area contributed by atoms with Crippen LogP contribution in [0, 0.1) is 5.82 Å². The summed E-state index contributed by atoms with van der Waals surface area (Å²) in [6.45, 7) is 0.347. The Kier molecular flexibility index (Phi) is 4.90. The molecule has 0 unspecified atom stereocenters. The Labute approximate surface area is 162 Å². The summed E-state index contributed by atoms with van der Waals surface area (Å²) < 4.78 is 31.7. The molecule has 0 bridgehead atoms. The van der Waals surface area contributed by atoms with Crippen LogP contribution in [0.3, 0.4) is 0 Å². The third-order valence-electron chi connectivity index (χ3n) is 5.01. The fraction of sp³-hybridized carbons (Fsp3) is 0.300. The number of hydrogen-bond donors (Lipinski definition) is 1. The van der Waals surface area contributed by atoms with Crippen LogP contribution in [0.15, 0.2) is 30.3 Å². The molecule has 1 aliphatic heterocycles. The first-order valence-electron chi connectivity index (χ1n) is 8.81. The van der Waals surface area contributed by atoms with Crippen molar-refractivity contribution in [3.63, 3.8) is 0 Å². The molecule has 4 rings (SSSR count). The SMILES string of the molecule is [CH2]=[Al][O]c1ccc(F)c2c1CC[C@H]2Oc1ccc2c(c1)OC[C@H]2CC(=O)O. The standard InChI is InChI=1S/C19H17FO5.CH2.Al/c20-14-4-5-15(21)13-3-6-16(19(13)14)25-11-1-2-12-10(7-18(22)23)9-24-17(12)8-11;;/h1-2,4-5,8,10,16,21H,3,6-7,9H2,(H,22,23);1H2;/q;;+1/p-1/t10-,16-;;/m1../s1. The first-order valence-corrected chi connectivity index (χ1v) is 10.1. The van der Waals surface area contributed by atoms with E-state index in [-0.39, 0.29) is 18.2 Å². The van der Waals surface area contributed by atoms with Crippen LogP contribution in [0.5, 0.6) is 17.2 Å². The van der Waals surface area contributed by atoms with Crippen LogP contribution in [0.25, 0.3) is 0 Å². The molecule has 1 aliphatic carbocycles. The molecule has 0 aromatic heterocycles. The number of carbonyl (C=O) groups is 1. The number of aliphatic carboxylic acids is 1. The summed E-state index contributed by atoms with van der Waals surface area (Å²) in [6, 6.07) is 8.45. The van der Waals surface area contributed by atoms with Gasteiger partial charge in [-0.25, -0.2) is 0 Å². The minimum Gasteiger partial charge on any atom is -0.481 e. The second-order valence-corrected chi connectivity index (χ2v) is 7.24. The summed E-state index contributed by atoms with van der Waals surface area (Å²) in [5.41, 5.74) is 2.28. The number of carboxylic acids is 1. The van der Waals surface area contributed by atoms with Crippen LogP contribution < -0.4 is 13.3 Å². The Bertz CT molecular complexity index is 913. The number of carboxylic acid groups (broad SMARTS) is 1. The zero-order valence-electron chi connectivity index (χ0n) is 14.6. The van der Waals surface area contributed by atoms with Crippen LogP contribution in [0.1, 0.15) is 41.6 Å². The van der Waals surface area contributed by atoms with Gasteiger partial charge in [0.25, 0.3) is 0 Å². The minimum atomic E-state index is -0.850. The molecule has 0 amide bonds. The molecule has 0 fully saturated rings. The fourth-order valence-corrected chi connectivity index (χ4v) is 4.23. The first kappa shape index (κ1) is 18.0. The molecular weight excluding hydrogens is 366 g/mol. The van der Waals surface area contributed by atoms with E-state index in [4.69, 9.17) is 18.4 Å². The van der Waals surface area contributed by atoms with Gasteiger partial charge < -0.3 is 5.11 Å². The monoisotopic (exact) mass is 384 g/mol. The van der Waals surface area contributed by atoms with E-state index in [0.717, 1.165) is 11.1 Å². The summed E-state index contributed by atoms with van der Waals surface area (Å²) in [5, 5.41) is 12.8. The van der Waals surface area contributed by atoms with Crippen molar-refractivity contribution >= 4 is 26.5 Å². The van der Waals surface area contributed by atoms with Gasteiger partial charge in [-0.15, -0.1) is 0 Å². The third-order valence-corrected chi connectivity index (χ3v) is 5.43. The molecule has 0 spiro atoms. The van der Waals surface area contributed by atoms with Crippen molar-refractivity contribution < 1.29 is 27.6 Å². The minimum absolute atomic E-state index is 0.0332. The van der Waals surface area contributed by atoms with Crippen molar-refractivity contribution in [3.8, 4) is 17.2 Å². The molecule has 27 heavy (non-hydrogen) atoms. The Morgan fingerprint density at radius 1 is 1.37 bits per heavy atom. The van der Waals surface area contributed by atoms with Gasteiger partial charge in [-0.05, 0) is 0 Å². The molecule has 7 heteroatoms. The van der Waals surface area contributed by atoms with E-state index >= 15 is 0 Å². The molecule has 5 nitrogen and oxygen atoms in total. The van der Waals surface area contributed by atoms with Crippen LogP contribution in [0.2, 0.25) is 0 Å².